The Labute approximate surface area is 59.7 Å². The molecule has 1 radical (unpaired) electrons. The van der Waals surface area contributed by atoms with Gasteiger partial charge in [0.2, 0.25) is 5.95 Å². The number of alkyl halides is 3. The molecule has 0 aliphatic carbocycles. The molecule has 5 heteroatoms. The van der Waals surface area contributed by atoms with E-state index in [0.717, 1.165) is 6.07 Å². The minimum Gasteiger partial charge on any atom is -0.215 e. The summed E-state index contributed by atoms with van der Waals surface area (Å²) < 4.78 is 47.2. The molecule has 1 nitrogen and oxygen atoms in total. The van der Waals surface area contributed by atoms with Gasteiger partial charge in [-0.3, -0.25) is 0 Å². The van der Waals surface area contributed by atoms with E-state index in [2.05, 4.69) is 4.98 Å². The minimum absolute atomic E-state index is 0.656. The van der Waals surface area contributed by atoms with Gasteiger partial charge in [-0.1, -0.05) is 0 Å². The SMILES string of the molecule is Fc1[c]ccc(C(F)(F)F)n1. The predicted octanol–water partition coefficient (Wildman–Crippen LogP) is 2.04. The van der Waals surface area contributed by atoms with E-state index in [0.29, 0.717) is 6.07 Å². The van der Waals surface area contributed by atoms with E-state index in [9.17, 15) is 17.6 Å². The van der Waals surface area contributed by atoms with Crippen LogP contribution < -0.4 is 0 Å². The molecule has 0 N–H and O–H groups in total. The number of halogens is 4. The van der Waals surface area contributed by atoms with Gasteiger partial charge in [-0.2, -0.15) is 17.6 Å². The summed E-state index contributed by atoms with van der Waals surface area (Å²) in [5.74, 6) is -1.25. The molecule has 0 saturated heterocycles. The Hall–Kier alpha value is -1.13. The molecule has 0 saturated carbocycles. The zero-order valence-corrected chi connectivity index (χ0v) is 5.11. The van der Waals surface area contributed by atoms with Crippen LogP contribution in [0.4, 0.5) is 17.6 Å². The third-order valence-electron chi connectivity index (χ3n) is 0.953. The van der Waals surface area contributed by atoms with E-state index in [1.165, 1.54) is 0 Å². The van der Waals surface area contributed by atoms with Crippen molar-refractivity contribution in [2.75, 3.05) is 0 Å². The summed E-state index contributed by atoms with van der Waals surface area (Å²) in [5, 5.41) is 0. The van der Waals surface area contributed by atoms with Crippen LogP contribution in [0.1, 0.15) is 5.69 Å². The van der Waals surface area contributed by atoms with Gasteiger partial charge in [0.1, 0.15) is 5.69 Å². The third kappa shape index (κ3) is 1.89. The van der Waals surface area contributed by atoms with Crippen molar-refractivity contribution in [1.29, 1.82) is 0 Å². The first-order chi connectivity index (χ1) is 5.00. The highest BCUT2D eigenvalue weighted by atomic mass is 19.4. The van der Waals surface area contributed by atoms with Gasteiger partial charge in [-0.15, -0.1) is 0 Å². The highest BCUT2D eigenvalue weighted by molar-refractivity contribution is 5.06. The van der Waals surface area contributed by atoms with Crippen LogP contribution in [-0.2, 0) is 6.18 Å². The second kappa shape index (κ2) is 2.48. The van der Waals surface area contributed by atoms with Crippen LogP contribution in [0, 0.1) is 12.0 Å². The lowest BCUT2D eigenvalue weighted by Gasteiger charge is -2.03. The number of hydrogen-bond acceptors (Lipinski definition) is 1. The quantitative estimate of drug-likeness (QED) is 0.422. The average molecular weight is 164 g/mol. The summed E-state index contributed by atoms with van der Waals surface area (Å²) in [6.07, 6.45) is -4.59. The Morgan fingerprint density at radius 1 is 1.36 bits per heavy atom. The lowest BCUT2D eigenvalue weighted by atomic mass is 10.3. The maximum absolute atomic E-state index is 12.0. The fourth-order valence-corrected chi connectivity index (χ4v) is 0.523. The van der Waals surface area contributed by atoms with Crippen molar-refractivity contribution in [2.45, 2.75) is 6.18 Å². The molecule has 59 valence electrons. The van der Waals surface area contributed by atoms with E-state index in [1.807, 2.05) is 6.07 Å². The summed E-state index contributed by atoms with van der Waals surface area (Å²) in [7, 11) is 0. The van der Waals surface area contributed by atoms with E-state index in [1.54, 1.807) is 0 Å². The Morgan fingerprint density at radius 2 is 2.00 bits per heavy atom. The van der Waals surface area contributed by atoms with Crippen LogP contribution in [0.3, 0.4) is 0 Å². The molecular weight excluding hydrogens is 162 g/mol. The highest BCUT2D eigenvalue weighted by Crippen LogP contribution is 2.26. The largest absolute Gasteiger partial charge is 0.433 e. The minimum atomic E-state index is -4.59. The van der Waals surface area contributed by atoms with Gasteiger partial charge >= 0.3 is 6.18 Å². The zero-order chi connectivity index (χ0) is 8.48. The summed E-state index contributed by atoms with van der Waals surface area (Å²) in [6, 6.07) is 3.36. The van der Waals surface area contributed by atoms with Crippen LogP contribution in [0.2, 0.25) is 0 Å². The summed E-state index contributed by atoms with van der Waals surface area (Å²) in [5.41, 5.74) is -1.24. The number of aromatic nitrogens is 1. The molecule has 11 heavy (non-hydrogen) atoms. The second-order valence-corrected chi connectivity index (χ2v) is 1.76. The van der Waals surface area contributed by atoms with E-state index >= 15 is 0 Å². The van der Waals surface area contributed by atoms with Crippen molar-refractivity contribution in [3.63, 3.8) is 0 Å². The Kier molecular flexibility index (Phi) is 1.80. The maximum atomic E-state index is 12.0. The van der Waals surface area contributed by atoms with Crippen LogP contribution >= 0.6 is 0 Å². The molecule has 0 atom stereocenters. The van der Waals surface area contributed by atoms with Crippen molar-refractivity contribution >= 4 is 0 Å². The van der Waals surface area contributed by atoms with Crippen LogP contribution in [-0.4, -0.2) is 4.98 Å². The monoisotopic (exact) mass is 164 g/mol. The fraction of sp³-hybridized carbons (Fsp3) is 0.167. The lowest BCUT2D eigenvalue weighted by molar-refractivity contribution is -0.141. The van der Waals surface area contributed by atoms with Gasteiger partial charge in [0.15, 0.2) is 0 Å². The Morgan fingerprint density at radius 3 is 2.36 bits per heavy atom. The Bertz CT molecular complexity index is 255. The number of rotatable bonds is 0. The van der Waals surface area contributed by atoms with Gasteiger partial charge in [-0.05, 0) is 12.1 Å². The fourth-order valence-electron chi connectivity index (χ4n) is 0.523. The molecule has 0 aliphatic rings. The van der Waals surface area contributed by atoms with Gasteiger partial charge < -0.3 is 0 Å². The number of nitrogens with zero attached hydrogens (tertiary/aromatic N) is 1. The third-order valence-corrected chi connectivity index (χ3v) is 0.953. The topological polar surface area (TPSA) is 12.9 Å². The standard InChI is InChI=1S/C6H2F4N/c7-5-3-1-2-4(11-5)6(8,9)10/h1-2H. The van der Waals surface area contributed by atoms with Gasteiger partial charge in [0, 0.05) is 6.07 Å². The van der Waals surface area contributed by atoms with Crippen LogP contribution in [0.5, 0.6) is 0 Å². The van der Waals surface area contributed by atoms with Gasteiger partial charge in [0.05, 0.1) is 0 Å². The normalized spacial score (nSPS) is 11.6. The Balaban J connectivity index is 3.06. The molecule has 1 aromatic heterocycles. The summed E-state index contributed by atoms with van der Waals surface area (Å²) >= 11 is 0. The van der Waals surface area contributed by atoms with Crippen molar-refractivity contribution in [3.05, 3.63) is 29.8 Å². The summed E-state index contributed by atoms with van der Waals surface area (Å²) in [6.45, 7) is 0. The predicted molar refractivity (Wildman–Crippen MR) is 28.0 cm³/mol. The second-order valence-electron chi connectivity index (χ2n) is 1.76. The molecule has 0 bridgehead atoms. The van der Waals surface area contributed by atoms with E-state index < -0.39 is 17.8 Å². The smallest absolute Gasteiger partial charge is 0.215 e. The first-order valence-corrected chi connectivity index (χ1v) is 2.61. The molecule has 1 rings (SSSR count). The van der Waals surface area contributed by atoms with E-state index in [-0.39, 0.29) is 0 Å². The molecule has 0 unspecified atom stereocenters. The van der Waals surface area contributed by atoms with E-state index in [4.69, 9.17) is 0 Å². The molecule has 0 spiro atoms. The van der Waals surface area contributed by atoms with Crippen LogP contribution in [0.25, 0.3) is 0 Å². The maximum Gasteiger partial charge on any atom is 0.433 e. The zero-order valence-electron chi connectivity index (χ0n) is 5.11. The summed E-state index contributed by atoms with van der Waals surface area (Å²) in [4.78, 5) is 2.60. The van der Waals surface area contributed by atoms with Crippen molar-refractivity contribution in [1.82, 2.24) is 4.98 Å². The molecule has 0 aliphatic heterocycles. The first-order valence-electron chi connectivity index (χ1n) is 2.61. The number of hydrogen-bond donors (Lipinski definition) is 0. The van der Waals surface area contributed by atoms with Crippen molar-refractivity contribution in [2.24, 2.45) is 0 Å². The van der Waals surface area contributed by atoms with Gasteiger partial charge in [-0.25, -0.2) is 4.98 Å². The van der Waals surface area contributed by atoms with Crippen LogP contribution in [0.15, 0.2) is 12.1 Å². The molecular formula is C6H2F4N. The molecule has 1 aromatic rings. The molecule has 0 fully saturated rings. The van der Waals surface area contributed by atoms with Crippen molar-refractivity contribution < 1.29 is 17.6 Å². The first kappa shape index (κ1) is 7.97. The molecule has 1 heterocycles. The molecule has 0 amide bonds. The highest BCUT2D eigenvalue weighted by Gasteiger charge is 2.32. The van der Waals surface area contributed by atoms with Crippen molar-refractivity contribution in [3.8, 4) is 0 Å². The molecule has 0 aromatic carbocycles. The van der Waals surface area contributed by atoms with Gasteiger partial charge in [0.25, 0.3) is 0 Å². The number of pyridine rings is 1. The lowest BCUT2D eigenvalue weighted by Crippen LogP contribution is -2.08. The average Bonchev–Trinajstić information content (AvgIpc) is 1.86.